The fraction of sp³-hybridized carbons (Fsp3) is 0.348. The highest BCUT2D eigenvalue weighted by atomic mass is 19.1. The number of carbonyl (C=O) groups is 2. The van der Waals surface area contributed by atoms with Gasteiger partial charge in [-0.1, -0.05) is 12.1 Å². The molecule has 0 saturated carbocycles. The van der Waals surface area contributed by atoms with Crippen LogP contribution in [-0.2, 0) is 9.59 Å². The van der Waals surface area contributed by atoms with Crippen LogP contribution in [0.25, 0.3) is 11.1 Å². The molecular weight excluding hydrogens is 399 g/mol. The molecule has 1 N–H and O–H groups in total. The van der Waals surface area contributed by atoms with Crippen molar-refractivity contribution in [1.82, 2.24) is 14.8 Å². The van der Waals surface area contributed by atoms with Gasteiger partial charge in [0.1, 0.15) is 11.3 Å². The van der Waals surface area contributed by atoms with Gasteiger partial charge in [-0.3, -0.25) is 14.5 Å². The predicted octanol–water partition coefficient (Wildman–Crippen LogP) is 3.24. The van der Waals surface area contributed by atoms with Crippen molar-refractivity contribution in [2.45, 2.75) is 18.8 Å². The average molecular weight is 424 g/mol. The molecule has 1 fully saturated rings. The smallest absolute Gasteiger partial charge is 0.238 e. The van der Waals surface area contributed by atoms with Gasteiger partial charge in [0.05, 0.1) is 13.1 Å². The third kappa shape index (κ3) is 5.27. The Morgan fingerprint density at radius 3 is 2.55 bits per heavy atom. The zero-order valence-corrected chi connectivity index (χ0v) is 17.4. The number of halogens is 1. The van der Waals surface area contributed by atoms with E-state index in [9.17, 15) is 14.0 Å². The second kappa shape index (κ2) is 9.26. The van der Waals surface area contributed by atoms with E-state index < -0.39 is 0 Å². The highest BCUT2D eigenvalue weighted by molar-refractivity contribution is 5.92. The third-order valence-corrected chi connectivity index (χ3v) is 5.45. The van der Waals surface area contributed by atoms with Crippen molar-refractivity contribution in [2.24, 2.45) is 0 Å². The van der Waals surface area contributed by atoms with Gasteiger partial charge in [-0.25, -0.2) is 9.37 Å². The molecule has 2 heterocycles. The Hall–Kier alpha value is -3.26. The number of hydrogen-bond acceptors (Lipinski definition) is 5. The number of anilines is 1. The number of rotatable bonds is 6. The summed E-state index contributed by atoms with van der Waals surface area (Å²) >= 11 is 0. The Kier molecular flexibility index (Phi) is 6.27. The minimum atomic E-state index is -0.361. The van der Waals surface area contributed by atoms with E-state index in [2.05, 4.69) is 10.3 Å². The molecule has 2 amide bonds. The van der Waals surface area contributed by atoms with Crippen LogP contribution in [0.1, 0.15) is 24.7 Å². The summed E-state index contributed by atoms with van der Waals surface area (Å²) in [5.74, 6) is 0.323. The topological polar surface area (TPSA) is 78.7 Å². The van der Waals surface area contributed by atoms with Crippen LogP contribution in [0, 0.1) is 5.82 Å². The van der Waals surface area contributed by atoms with E-state index in [0.29, 0.717) is 18.8 Å². The first-order valence-electron chi connectivity index (χ1n) is 10.3. The number of likely N-dealkylation sites (N-methyl/N-ethyl adjacent to an activating group) is 1. The van der Waals surface area contributed by atoms with Gasteiger partial charge in [0.2, 0.25) is 11.8 Å². The summed E-state index contributed by atoms with van der Waals surface area (Å²) in [5, 5.41) is 2.70. The number of aromatic nitrogens is 1. The van der Waals surface area contributed by atoms with E-state index in [-0.39, 0.29) is 36.6 Å². The molecule has 0 unspecified atom stereocenters. The number of benzene rings is 2. The summed E-state index contributed by atoms with van der Waals surface area (Å²) < 4.78 is 18.8. The SMILES string of the molecule is CN(CC(=O)Nc1ccc(F)cc1)CC(=O)N1CCC(c2nc3ccccc3o2)CC1. The molecule has 1 saturated heterocycles. The number of amides is 2. The zero-order chi connectivity index (χ0) is 21.8. The first kappa shape index (κ1) is 21.0. The van der Waals surface area contributed by atoms with Gasteiger partial charge in [0.25, 0.3) is 0 Å². The second-order valence-electron chi connectivity index (χ2n) is 7.90. The molecule has 162 valence electrons. The molecule has 0 radical (unpaired) electrons. The number of nitrogens with zero attached hydrogens (tertiary/aromatic N) is 3. The number of nitrogens with one attached hydrogen (secondary N) is 1. The summed E-state index contributed by atoms with van der Waals surface area (Å²) in [5.41, 5.74) is 2.17. The minimum absolute atomic E-state index is 0.00639. The van der Waals surface area contributed by atoms with E-state index in [1.165, 1.54) is 24.3 Å². The highest BCUT2D eigenvalue weighted by Crippen LogP contribution is 2.29. The largest absolute Gasteiger partial charge is 0.440 e. The van der Waals surface area contributed by atoms with Crippen molar-refractivity contribution in [1.29, 1.82) is 0 Å². The monoisotopic (exact) mass is 424 g/mol. The molecule has 0 bridgehead atoms. The van der Waals surface area contributed by atoms with Crippen molar-refractivity contribution in [3.05, 3.63) is 60.2 Å². The minimum Gasteiger partial charge on any atom is -0.440 e. The number of fused-ring (bicyclic) bond motifs is 1. The number of carbonyl (C=O) groups excluding carboxylic acids is 2. The van der Waals surface area contributed by atoms with Gasteiger partial charge in [-0.15, -0.1) is 0 Å². The van der Waals surface area contributed by atoms with E-state index in [0.717, 1.165) is 29.8 Å². The predicted molar refractivity (Wildman–Crippen MR) is 115 cm³/mol. The van der Waals surface area contributed by atoms with Gasteiger partial charge in [-0.05, 0) is 56.3 Å². The van der Waals surface area contributed by atoms with Gasteiger partial charge < -0.3 is 14.6 Å². The van der Waals surface area contributed by atoms with Crippen LogP contribution in [0.4, 0.5) is 10.1 Å². The summed E-state index contributed by atoms with van der Waals surface area (Å²) in [6.07, 6.45) is 1.60. The van der Waals surface area contributed by atoms with Gasteiger partial charge in [-0.2, -0.15) is 0 Å². The van der Waals surface area contributed by atoms with Crippen molar-refractivity contribution >= 4 is 28.6 Å². The van der Waals surface area contributed by atoms with Gasteiger partial charge >= 0.3 is 0 Å². The lowest BCUT2D eigenvalue weighted by molar-refractivity contribution is -0.133. The highest BCUT2D eigenvalue weighted by Gasteiger charge is 2.27. The lowest BCUT2D eigenvalue weighted by atomic mass is 9.97. The molecule has 8 heteroatoms. The molecule has 0 aliphatic carbocycles. The van der Waals surface area contributed by atoms with Crippen molar-refractivity contribution in [3.63, 3.8) is 0 Å². The Morgan fingerprint density at radius 2 is 1.84 bits per heavy atom. The third-order valence-electron chi connectivity index (χ3n) is 5.45. The molecule has 1 aliphatic rings. The maximum atomic E-state index is 13.0. The maximum Gasteiger partial charge on any atom is 0.238 e. The number of oxazole rings is 1. The molecule has 0 spiro atoms. The Morgan fingerprint density at radius 1 is 1.13 bits per heavy atom. The van der Waals surface area contributed by atoms with Crippen LogP contribution in [-0.4, -0.2) is 59.8 Å². The standard InChI is InChI=1S/C23H25FN4O3/c1-27(14-21(29)25-18-8-6-17(24)7-9-18)15-22(30)28-12-10-16(11-13-28)23-26-19-4-2-3-5-20(19)31-23/h2-9,16H,10-15H2,1H3,(H,25,29). The number of hydrogen-bond donors (Lipinski definition) is 1. The number of likely N-dealkylation sites (tertiary alicyclic amines) is 1. The molecule has 2 aromatic carbocycles. The molecule has 1 aliphatic heterocycles. The van der Waals surface area contributed by atoms with Gasteiger partial charge in [0, 0.05) is 24.7 Å². The summed E-state index contributed by atoms with van der Waals surface area (Å²) in [6, 6.07) is 13.3. The Labute approximate surface area is 179 Å². The van der Waals surface area contributed by atoms with Crippen LogP contribution >= 0.6 is 0 Å². The molecular formula is C23H25FN4O3. The Bertz CT molecular complexity index is 1030. The average Bonchev–Trinajstić information content (AvgIpc) is 3.19. The molecule has 31 heavy (non-hydrogen) atoms. The lowest BCUT2D eigenvalue weighted by Crippen LogP contribution is -2.44. The van der Waals surface area contributed by atoms with Crippen molar-refractivity contribution < 1.29 is 18.4 Å². The molecule has 3 aromatic rings. The second-order valence-corrected chi connectivity index (χ2v) is 7.90. The molecule has 4 rings (SSSR count). The van der Waals surface area contributed by atoms with E-state index in [1.54, 1.807) is 11.9 Å². The van der Waals surface area contributed by atoms with E-state index in [4.69, 9.17) is 4.42 Å². The number of piperidine rings is 1. The van der Waals surface area contributed by atoms with Crippen LogP contribution in [0.5, 0.6) is 0 Å². The first-order valence-corrected chi connectivity index (χ1v) is 10.3. The summed E-state index contributed by atoms with van der Waals surface area (Å²) in [6.45, 7) is 1.50. The van der Waals surface area contributed by atoms with E-state index >= 15 is 0 Å². The van der Waals surface area contributed by atoms with Crippen LogP contribution in [0.3, 0.4) is 0 Å². The van der Waals surface area contributed by atoms with Crippen LogP contribution in [0.2, 0.25) is 0 Å². The summed E-state index contributed by atoms with van der Waals surface area (Å²) in [4.78, 5) is 32.9. The zero-order valence-electron chi connectivity index (χ0n) is 17.4. The molecule has 0 atom stereocenters. The molecule has 7 nitrogen and oxygen atoms in total. The van der Waals surface area contributed by atoms with Crippen molar-refractivity contribution in [2.75, 3.05) is 38.5 Å². The first-order chi connectivity index (χ1) is 15.0. The normalized spacial score (nSPS) is 14.9. The summed E-state index contributed by atoms with van der Waals surface area (Å²) in [7, 11) is 1.73. The lowest BCUT2D eigenvalue weighted by Gasteiger charge is -2.31. The Balaban J connectivity index is 1.23. The van der Waals surface area contributed by atoms with E-state index in [1.807, 2.05) is 29.2 Å². The fourth-order valence-electron chi connectivity index (χ4n) is 3.81. The van der Waals surface area contributed by atoms with Gasteiger partial charge in [0.15, 0.2) is 11.5 Å². The maximum absolute atomic E-state index is 13.0. The van der Waals surface area contributed by atoms with Crippen LogP contribution < -0.4 is 5.32 Å². The number of para-hydroxylation sites is 2. The molecule has 1 aromatic heterocycles. The quantitative estimate of drug-likeness (QED) is 0.657. The van der Waals surface area contributed by atoms with Crippen LogP contribution in [0.15, 0.2) is 52.9 Å². The van der Waals surface area contributed by atoms with Crippen molar-refractivity contribution in [3.8, 4) is 0 Å². The fourth-order valence-corrected chi connectivity index (χ4v) is 3.81.